The molecule has 1 aliphatic heterocycles. The molecule has 1 aliphatic rings. The topological polar surface area (TPSA) is 9.23 Å². The Labute approximate surface area is 86.8 Å². The minimum absolute atomic E-state index is 0.0782. The van der Waals surface area contributed by atoms with Gasteiger partial charge in [0.1, 0.15) is 6.10 Å². The molecule has 0 saturated carbocycles. The Bertz CT molecular complexity index is 323. The largest absolute Gasteiger partial charge is 0.360 e. The van der Waals surface area contributed by atoms with Gasteiger partial charge in [0, 0.05) is 5.41 Å². The maximum Gasteiger partial charge on any atom is 0.143 e. The van der Waals surface area contributed by atoms with Gasteiger partial charge in [-0.05, 0) is 19.4 Å². The van der Waals surface area contributed by atoms with E-state index < -0.39 is 0 Å². The van der Waals surface area contributed by atoms with Crippen molar-refractivity contribution in [2.24, 2.45) is 5.41 Å². The highest BCUT2D eigenvalue weighted by Crippen LogP contribution is 2.30. The molecule has 1 rings (SSSR count). The molecule has 0 aromatic rings. The second kappa shape index (κ2) is 4.02. The van der Waals surface area contributed by atoms with Crippen molar-refractivity contribution in [3.63, 3.8) is 0 Å². The van der Waals surface area contributed by atoms with Crippen LogP contribution >= 0.6 is 0 Å². The van der Waals surface area contributed by atoms with Gasteiger partial charge in [-0.15, -0.1) is 5.92 Å². The van der Waals surface area contributed by atoms with Gasteiger partial charge in [0.05, 0.1) is 6.61 Å². The SMILES string of the molecule is C=C(C)C1=CC(C)(C)COC1C#CC. The van der Waals surface area contributed by atoms with Crippen molar-refractivity contribution in [1.82, 2.24) is 0 Å². The zero-order valence-corrected chi connectivity index (χ0v) is 9.48. The van der Waals surface area contributed by atoms with E-state index in [1.54, 1.807) is 0 Å². The lowest BCUT2D eigenvalue weighted by Crippen LogP contribution is -2.30. The molecule has 1 unspecified atom stereocenters. The van der Waals surface area contributed by atoms with Gasteiger partial charge < -0.3 is 4.74 Å². The number of hydrogen-bond acceptors (Lipinski definition) is 1. The molecule has 0 spiro atoms. The third kappa shape index (κ3) is 2.49. The van der Waals surface area contributed by atoms with Crippen molar-refractivity contribution in [2.75, 3.05) is 6.61 Å². The summed E-state index contributed by atoms with van der Waals surface area (Å²) >= 11 is 0. The maximum atomic E-state index is 5.70. The van der Waals surface area contributed by atoms with Crippen LogP contribution in [0.25, 0.3) is 0 Å². The molecule has 0 bridgehead atoms. The molecular formula is C13H18O. The van der Waals surface area contributed by atoms with Gasteiger partial charge in [-0.2, -0.15) is 0 Å². The first-order valence-electron chi connectivity index (χ1n) is 4.89. The first-order valence-corrected chi connectivity index (χ1v) is 4.89. The Morgan fingerprint density at radius 3 is 2.79 bits per heavy atom. The Morgan fingerprint density at radius 2 is 2.29 bits per heavy atom. The zero-order chi connectivity index (χ0) is 10.8. The van der Waals surface area contributed by atoms with Gasteiger partial charge in [-0.25, -0.2) is 0 Å². The smallest absolute Gasteiger partial charge is 0.143 e. The Balaban J connectivity index is 3.02. The summed E-state index contributed by atoms with van der Waals surface area (Å²) in [6.07, 6.45) is 2.15. The van der Waals surface area contributed by atoms with Crippen LogP contribution in [0.4, 0.5) is 0 Å². The molecule has 0 aromatic heterocycles. The zero-order valence-electron chi connectivity index (χ0n) is 9.48. The van der Waals surface area contributed by atoms with E-state index in [1.165, 1.54) is 0 Å². The molecule has 1 heteroatoms. The van der Waals surface area contributed by atoms with Crippen molar-refractivity contribution in [3.8, 4) is 11.8 Å². The fourth-order valence-corrected chi connectivity index (χ4v) is 1.52. The van der Waals surface area contributed by atoms with E-state index in [0.717, 1.165) is 17.8 Å². The van der Waals surface area contributed by atoms with E-state index in [2.05, 4.69) is 38.3 Å². The Morgan fingerprint density at radius 1 is 1.64 bits per heavy atom. The van der Waals surface area contributed by atoms with Crippen LogP contribution in [0.1, 0.15) is 27.7 Å². The fourth-order valence-electron chi connectivity index (χ4n) is 1.52. The van der Waals surface area contributed by atoms with Crippen LogP contribution in [0.15, 0.2) is 23.8 Å². The Hall–Kier alpha value is -1.00. The van der Waals surface area contributed by atoms with E-state index in [9.17, 15) is 0 Å². The van der Waals surface area contributed by atoms with Crippen molar-refractivity contribution in [1.29, 1.82) is 0 Å². The molecule has 1 nitrogen and oxygen atoms in total. The summed E-state index contributed by atoms with van der Waals surface area (Å²) in [6.45, 7) is 12.8. The molecule has 0 aliphatic carbocycles. The van der Waals surface area contributed by atoms with Crippen LogP contribution in [0.2, 0.25) is 0 Å². The van der Waals surface area contributed by atoms with Crippen molar-refractivity contribution >= 4 is 0 Å². The normalized spacial score (nSPS) is 24.6. The van der Waals surface area contributed by atoms with Gasteiger partial charge in [0.2, 0.25) is 0 Å². The standard InChI is InChI=1S/C13H18O/c1-6-7-12-11(10(2)3)8-13(4,5)9-14-12/h8,12H,2,9H2,1,3-5H3. The number of hydrogen-bond donors (Lipinski definition) is 0. The summed E-state index contributed by atoms with van der Waals surface area (Å²) in [5, 5.41) is 0. The molecule has 1 heterocycles. The van der Waals surface area contributed by atoms with Crippen LogP contribution in [0.3, 0.4) is 0 Å². The van der Waals surface area contributed by atoms with Crippen molar-refractivity contribution in [3.05, 3.63) is 23.8 Å². The third-order valence-corrected chi connectivity index (χ3v) is 2.22. The van der Waals surface area contributed by atoms with E-state index in [4.69, 9.17) is 4.74 Å². The maximum absolute atomic E-state index is 5.70. The van der Waals surface area contributed by atoms with E-state index in [-0.39, 0.29) is 11.5 Å². The minimum atomic E-state index is -0.0782. The van der Waals surface area contributed by atoms with Crippen LogP contribution < -0.4 is 0 Å². The predicted molar refractivity (Wildman–Crippen MR) is 59.9 cm³/mol. The highest BCUT2D eigenvalue weighted by molar-refractivity contribution is 5.38. The van der Waals surface area contributed by atoms with Crippen LogP contribution in [-0.4, -0.2) is 12.7 Å². The second-order valence-corrected chi connectivity index (χ2v) is 4.45. The van der Waals surface area contributed by atoms with E-state index in [0.29, 0.717) is 0 Å². The average molecular weight is 190 g/mol. The highest BCUT2D eigenvalue weighted by Gasteiger charge is 2.27. The molecule has 0 saturated heterocycles. The quantitative estimate of drug-likeness (QED) is 0.578. The van der Waals surface area contributed by atoms with Gasteiger partial charge in [0.25, 0.3) is 0 Å². The number of rotatable bonds is 1. The number of ether oxygens (including phenoxy) is 1. The third-order valence-electron chi connectivity index (χ3n) is 2.22. The van der Waals surface area contributed by atoms with Crippen LogP contribution in [0.5, 0.6) is 0 Å². The summed E-state index contributed by atoms with van der Waals surface area (Å²) in [5.41, 5.74) is 2.28. The predicted octanol–water partition coefficient (Wildman–Crippen LogP) is 2.94. The van der Waals surface area contributed by atoms with Gasteiger partial charge in [0.15, 0.2) is 0 Å². The first kappa shape index (κ1) is 11.1. The summed E-state index contributed by atoms with van der Waals surface area (Å²) in [5.74, 6) is 5.94. The summed E-state index contributed by atoms with van der Waals surface area (Å²) in [6, 6.07) is 0. The van der Waals surface area contributed by atoms with Crippen molar-refractivity contribution in [2.45, 2.75) is 33.8 Å². The monoisotopic (exact) mass is 190 g/mol. The molecule has 0 radical (unpaired) electrons. The van der Waals surface area contributed by atoms with E-state index in [1.807, 2.05) is 13.8 Å². The molecular weight excluding hydrogens is 172 g/mol. The summed E-state index contributed by atoms with van der Waals surface area (Å²) in [7, 11) is 0. The van der Waals surface area contributed by atoms with E-state index >= 15 is 0 Å². The van der Waals surface area contributed by atoms with Gasteiger partial charge >= 0.3 is 0 Å². The lowest BCUT2D eigenvalue weighted by Gasteiger charge is -2.31. The van der Waals surface area contributed by atoms with Crippen LogP contribution in [0, 0.1) is 17.3 Å². The molecule has 0 fully saturated rings. The summed E-state index contributed by atoms with van der Waals surface area (Å²) in [4.78, 5) is 0. The van der Waals surface area contributed by atoms with Gasteiger partial charge in [-0.1, -0.05) is 38.0 Å². The molecule has 0 N–H and O–H groups in total. The molecule has 76 valence electrons. The second-order valence-electron chi connectivity index (χ2n) is 4.45. The molecule has 1 atom stereocenters. The molecule has 14 heavy (non-hydrogen) atoms. The van der Waals surface area contributed by atoms with Crippen molar-refractivity contribution < 1.29 is 4.74 Å². The lowest BCUT2D eigenvalue weighted by molar-refractivity contribution is 0.0518. The lowest BCUT2D eigenvalue weighted by atomic mass is 9.85. The molecule has 0 amide bonds. The first-order chi connectivity index (χ1) is 6.46. The van der Waals surface area contributed by atoms with Crippen LogP contribution in [-0.2, 0) is 4.74 Å². The van der Waals surface area contributed by atoms with Gasteiger partial charge in [-0.3, -0.25) is 0 Å². The Kier molecular flexibility index (Phi) is 3.18. The fraction of sp³-hybridized carbons (Fsp3) is 0.538. The average Bonchev–Trinajstić information content (AvgIpc) is 2.08. The highest BCUT2D eigenvalue weighted by atomic mass is 16.5. The molecule has 0 aromatic carbocycles. The summed E-state index contributed by atoms with van der Waals surface area (Å²) < 4.78 is 5.70. The minimum Gasteiger partial charge on any atom is -0.360 e.